The molecule has 1 aliphatic heterocycles. The Labute approximate surface area is 224 Å². The summed E-state index contributed by atoms with van der Waals surface area (Å²) in [6, 6.07) is 17.5. The molecule has 0 saturated carbocycles. The Morgan fingerprint density at radius 3 is 2.34 bits per heavy atom. The van der Waals surface area contributed by atoms with E-state index in [0.717, 1.165) is 16.3 Å². The van der Waals surface area contributed by atoms with Crippen LogP contribution in [0.1, 0.15) is 45.6 Å². The highest BCUT2D eigenvalue weighted by molar-refractivity contribution is 7.93. The van der Waals surface area contributed by atoms with Crippen LogP contribution < -0.4 is 14.4 Å². The second-order valence-electron chi connectivity index (χ2n) is 9.77. The van der Waals surface area contributed by atoms with E-state index in [1.807, 2.05) is 63.2 Å². The molecule has 3 aromatic carbocycles. The zero-order valence-corrected chi connectivity index (χ0v) is 23.1. The first-order valence-corrected chi connectivity index (χ1v) is 14.4. The summed E-state index contributed by atoms with van der Waals surface area (Å²) < 4.78 is 33.2. The Bertz CT molecular complexity index is 1410. The number of methoxy groups -OCH3 is 1. The molecule has 0 radical (unpaired) electrons. The summed E-state index contributed by atoms with van der Waals surface area (Å²) in [5.74, 6) is 0.312. The molecule has 0 saturated heterocycles. The van der Waals surface area contributed by atoms with Crippen molar-refractivity contribution in [3.05, 3.63) is 66.2 Å². The third-order valence-electron chi connectivity index (χ3n) is 6.76. The Kier molecular flexibility index (Phi) is 8.26. The molecule has 9 heteroatoms. The van der Waals surface area contributed by atoms with Crippen molar-refractivity contribution in [1.82, 2.24) is 10.2 Å². The van der Waals surface area contributed by atoms with Gasteiger partial charge in [0.1, 0.15) is 11.8 Å². The number of sulfonamides is 1. The van der Waals surface area contributed by atoms with Gasteiger partial charge >= 0.3 is 0 Å². The third-order valence-corrected chi connectivity index (χ3v) is 8.62. The van der Waals surface area contributed by atoms with Crippen molar-refractivity contribution in [2.45, 2.75) is 63.6 Å². The minimum absolute atomic E-state index is 0.0563. The highest BCUT2D eigenvalue weighted by atomic mass is 32.2. The first-order valence-electron chi connectivity index (χ1n) is 12.9. The topological polar surface area (TPSA) is 96.0 Å². The van der Waals surface area contributed by atoms with E-state index in [-0.39, 0.29) is 37.4 Å². The smallest absolute Gasteiger partial charge is 0.265 e. The van der Waals surface area contributed by atoms with E-state index in [2.05, 4.69) is 5.32 Å². The lowest BCUT2D eigenvalue weighted by molar-refractivity contribution is -0.141. The van der Waals surface area contributed by atoms with Gasteiger partial charge in [-0.15, -0.1) is 0 Å². The molecule has 4 rings (SSSR count). The van der Waals surface area contributed by atoms with Gasteiger partial charge in [0.25, 0.3) is 10.0 Å². The second-order valence-corrected chi connectivity index (χ2v) is 11.6. The zero-order valence-electron chi connectivity index (χ0n) is 22.3. The first-order chi connectivity index (χ1) is 18.2. The van der Waals surface area contributed by atoms with Crippen LogP contribution in [0, 0.1) is 0 Å². The maximum absolute atomic E-state index is 13.6. The van der Waals surface area contributed by atoms with Crippen LogP contribution in [0.5, 0.6) is 5.75 Å². The summed E-state index contributed by atoms with van der Waals surface area (Å²) in [4.78, 5) is 28.5. The maximum Gasteiger partial charge on any atom is 0.265 e. The minimum Gasteiger partial charge on any atom is -0.497 e. The van der Waals surface area contributed by atoms with Crippen LogP contribution in [-0.4, -0.2) is 50.9 Å². The van der Waals surface area contributed by atoms with Crippen molar-refractivity contribution >= 4 is 38.3 Å². The molecule has 0 fully saturated rings. The molecule has 1 atom stereocenters. The summed E-state index contributed by atoms with van der Waals surface area (Å²) in [7, 11) is -2.10. The van der Waals surface area contributed by atoms with Gasteiger partial charge in [0.05, 0.1) is 17.7 Å². The van der Waals surface area contributed by atoms with Crippen LogP contribution >= 0.6 is 0 Å². The lowest BCUT2D eigenvalue weighted by atomic mass is 10.1. The van der Waals surface area contributed by atoms with Gasteiger partial charge in [-0.1, -0.05) is 43.3 Å². The number of hydrogen-bond donors (Lipinski definition) is 1. The summed E-state index contributed by atoms with van der Waals surface area (Å²) in [5, 5.41) is 4.52. The number of nitrogens with one attached hydrogen (secondary N) is 1. The number of anilines is 1. The molecule has 38 heavy (non-hydrogen) atoms. The van der Waals surface area contributed by atoms with E-state index in [1.165, 1.54) is 4.31 Å². The normalized spacial score (nSPS) is 14.5. The van der Waals surface area contributed by atoms with E-state index in [9.17, 15) is 18.0 Å². The van der Waals surface area contributed by atoms with E-state index >= 15 is 0 Å². The minimum atomic E-state index is -3.69. The molecule has 8 nitrogen and oxygen atoms in total. The number of carbonyl (C=O) groups is 2. The molecule has 1 aliphatic rings. The van der Waals surface area contributed by atoms with E-state index in [0.29, 0.717) is 29.2 Å². The van der Waals surface area contributed by atoms with E-state index in [1.54, 1.807) is 30.2 Å². The Morgan fingerprint density at radius 1 is 1.03 bits per heavy atom. The van der Waals surface area contributed by atoms with Crippen LogP contribution in [0.3, 0.4) is 0 Å². The summed E-state index contributed by atoms with van der Waals surface area (Å²) in [6.45, 7) is 6.09. The van der Waals surface area contributed by atoms with Crippen LogP contribution in [0.4, 0.5) is 5.69 Å². The van der Waals surface area contributed by atoms with Gasteiger partial charge in [-0.05, 0) is 61.9 Å². The fourth-order valence-electron chi connectivity index (χ4n) is 4.94. The highest BCUT2D eigenvalue weighted by Gasteiger charge is 2.35. The average molecular weight is 538 g/mol. The van der Waals surface area contributed by atoms with Crippen molar-refractivity contribution in [3.8, 4) is 5.75 Å². The lowest BCUT2D eigenvalue weighted by Gasteiger charge is -2.31. The molecular weight excluding hydrogens is 502 g/mol. The monoisotopic (exact) mass is 537 g/mol. The van der Waals surface area contributed by atoms with Crippen molar-refractivity contribution in [3.63, 3.8) is 0 Å². The molecule has 0 unspecified atom stereocenters. The summed E-state index contributed by atoms with van der Waals surface area (Å²) in [6.07, 6.45) is 0.891. The summed E-state index contributed by atoms with van der Waals surface area (Å²) >= 11 is 0. The molecule has 202 valence electrons. The van der Waals surface area contributed by atoms with Crippen LogP contribution in [0.25, 0.3) is 10.8 Å². The maximum atomic E-state index is 13.6. The van der Waals surface area contributed by atoms with Gasteiger partial charge in [-0.25, -0.2) is 8.42 Å². The molecule has 2 amide bonds. The van der Waals surface area contributed by atoms with Gasteiger partial charge in [-0.2, -0.15) is 0 Å². The highest BCUT2D eigenvalue weighted by Crippen LogP contribution is 2.42. The first kappa shape index (κ1) is 27.4. The molecule has 0 bridgehead atoms. The largest absolute Gasteiger partial charge is 0.497 e. The molecule has 0 aromatic heterocycles. The molecular formula is C29H35N3O5S. The molecule has 3 aromatic rings. The number of rotatable bonds is 11. The Morgan fingerprint density at radius 2 is 1.71 bits per heavy atom. The standard InChI is InChI=1S/C29H35N3O5S/c1-5-24(29(34)30-20(2)3)31(19-21-14-16-23(37-4)17-15-21)27(33)13-8-18-32-25-11-6-9-22-10-7-12-26(28(22)25)38(32,35)36/h6-7,9-12,14-17,20,24H,5,8,13,18-19H2,1-4H3,(H,30,34)/t24-/m1/s1. The Hall–Kier alpha value is -3.59. The molecule has 0 aliphatic carbocycles. The molecule has 1 N–H and O–H groups in total. The van der Waals surface area contributed by atoms with Crippen molar-refractivity contribution in [2.24, 2.45) is 0 Å². The van der Waals surface area contributed by atoms with Gasteiger partial charge in [0.15, 0.2) is 0 Å². The average Bonchev–Trinajstić information content (AvgIpc) is 3.11. The van der Waals surface area contributed by atoms with E-state index in [4.69, 9.17) is 4.74 Å². The SMILES string of the molecule is CC[C@H](C(=O)NC(C)C)N(Cc1ccc(OC)cc1)C(=O)CCCN1c2cccc3cccc(c23)S1(=O)=O. The summed E-state index contributed by atoms with van der Waals surface area (Å²) in [5.41, 5.74) is 1.52. The van der Waals surface area contributed by atoms with Gasteiger partial charge in [0.2, 0.25) is 11.8 Å². The van der Waals surface area contributed by atoms with Gasteiger partial charge < -0.3 is 15.0 Å². The van der Waals surface area contributed by atoms with Crippen LogP contribution in [0.2, 0.25) is 0 Å². The van der Waals surface area contributed by atoms with Gasteiger partial charge in [-0.3, -0.25) is 13.9 Å². The van der Waals surface area contributed by atoms with Crippen LogP contribution in [0.15, 0.2) is 65.6 Å². The second kappa shape index (κ2) is 11.4. The number of carbonyl (C=O) groups excluding carboxylic acids is 2. The number of hydrogen-bond acceptors (Lipinski definition) is 5. The molecule has 0 spiro atoms. The van der Waals surface area contributed by atoms with Crippen molar-refractivity contribution in [1.29, 1.82) is 0 Å². The Balaban J connectivity index is 1.52. The quantitative estimate of drug-likeness (QED) is 0.389. The number of amides is 2. The predicted molar refractivity (Wildman–Crippen MR) is 149 cm³/mol. The number of nitrogens with zero attached hydrogens (tertiary/aromatic N) is 2. The van der Waals surface area contributed by atoms with Crippen LogP contribution in [-0.2, 0) is 26.2 Å². The van der Waals surface area contributed by atoms with Crippen molar-refractivity contribution in [2.75, 3.05) is 18.0 Å². The van der Waals surface area contributed by atoms with Gasteiger partial charge in [0, 0.05) is 30.9 Å². The number of benzene rings is 3. The third kappa shape index (κ3) is 5.48. The van der Waals surface area contributed by atoms with E-state index < -0.39 is 16.1 Å². The lowest BCUT2D eigenvalue weighted by Crippen LogP contribution is -2.50. The molecule has 1 heterocycles. The fraction of sp³-hybridized carbons (Fsp3) is 0.379. The predicted octanol–water partition coefficient (Wildman–Crippen LogP) is 4.47. The van der Waals surface area contributed by atoms with Crippen molar-refractivity contribution < 1.29 is 22.7 Å². The number of ether oxygens (including phenoxy) is 1. The zero-order chi connectivity index (χ0) is 27.4. The fourth-order valence-corrected chi connectivity index (χ4v) is 6.69.